The van der Waals surface area contributed by atoms with Crippen LogP contribution in [-0.4, -0.2) is 26.8 Å². The highest BCUT2D eigenvalue weighted by atomic mass is 16.4. The first kappa shape index (κ1) is 11.3. The lowest BCUT2D eigenvalue weighted by molar-refractivity contribution is -0.136. The lowest BCUT2D eigenvalue weighted by Gasteiger charge is -2.00. The molecule has 0 saturated carbocycles. The van der Waals surface area contributed by atoms with Crippen LogP contribution in [0.1, 0.15) is 23.3 Å². The number of aliphatic carboxylic acids is 1. The Bertz CT molecular complexity index is 586. The molecule has 0 spiro atoms. The van der Waals surface area contributed by atoms with Gasteiger partial charge in [-0.25, -0.2) is 0 Å². The predicted molar refractivity (Wildman–Crippen MR) is 62.0 cm³/mol. The second-order valence-electron chi connectivity index (χ2n) is 3.80. The van der Waals surface area contributed by atoms with Crippen molar-refractivity contribution in [3.63, 3.8) is 0 Å². The Labute approximate surface area is 97.7 Å². The molecule has 0 unspecified atom stereocenters. The zero-order valence-electron chi connectivity index (χ0n) is 9.38. The van der Waals surface area contributed by atoms with Crippen LogP contribution in [0.3, 0.4) is 0 Å². The van der Waals surface area contributed by atoms with Crippen molar-refractivity contribution in [3.8, 4) is 0 Å². The second-order valence-corrected chi connectivity index (χ2v) is 3.80. The lowest BCUT2D eigenvalue weighted by Crippen LogP contribution is -2.13. The van der Waals surface area contributed by atoms with E-state index in [1.165, 1.54) is 4.68 Å². The summed E-state index contributed by atoms with van der Waals surface area (Å²) in [6.07, 6.45) is -0.216. The normalized spacial score (nSPS) is 10.6. The highest BCUT2D eigenvalue weighted by Gasteiger charge is 2.13. The topological polar surface area (TPSA) is 72.2 Å². The number of hydrogen-bond acceptors (Lipinski definition) is 3. The Morgan fingerprint density at radius 3 is 2.71 bits per heavy atom. The second kappa shape index (κ2) is 4.37. The SMILES string of the molecule is Cc1nn(C(=O)CCC(=O)O)c2ccccc12. The molecule has 0 aliphatic heterocycles. The van der Waals surface area contributed by atoms with Crippen molar-refractivity contribution in [1.29, 1.82) is 0 Å². The molecule has 0 atom stereocenters. The summed E-state index contributed by atoms with van der Waals surface area (Å²) in [4.78, 5) is 22.2. The molecule has 0 bridgehead atoms. The van der Waals surface area contributed by atoms with Gasteiger partial charge < -0.3 is 5.11 Å². The molecule has 0 aliphatic carbocycles. The Morgan fingerprint density at radius 2 is 2.00 bits per heavy atom. The van der Waals surface area contributed by atoms with Gasteiger partial charge in [0.1, 0.15) is 0 Å². The van der Waals surface area contributed by atoms with Crippen LogP contribution in [0.25, 0.3) is 10.9 Å². The van der Waals surface area contributed by atoms with E-state index in [1.807, 2.05) is 25.1 Å². The number of carboxylic acids is 1. The van der Waals surface area contributed by atoms with E-state index in [0.717, 1.165) is 16.6 Å². The number of rotatable bonds is 3. The average Bonchev–Trinajstić information content (AvgIpc) is 2.65. The Kier molecular flexibility index (Phi) is 2.91. The van der Waals surface area contributed by atoms with Gasteiger partial charge >= 0.3 is 5.97 Å². The van der Waals surface area contributed by atoms with Gasteiger partial charge in [0.25, 0.3) is 0 Å². The average molecular weight is 232 g/mol. The molecule has 0 amide bonds. The molecule has 1 aromatic carbocycles. The van der Waals surface area contributed by atoms with Crippen LogP contribution in [0.5, 0.6) is 0 Å². The van der Waals surface area contributed by atoms with Crippen LogP contribution in [0, 0.1) is 6.92 Å². The van der Waals surface area contributed by atoms with Crippen molar-refractivity contribution >= 4 is 22.8 Å². The Hall–Kier alpha value is -2.17. The first-order valence-electron chi connectivity index (χ1n) is 5.29. The molecule has 0 saturated heterocycles. The third-order valence-electron chi connectivity index (χ3n) is 2.56. The fourth-order valence-corrected chi connectivity index (χ4v) is 1.73. The van der Waals surface area contributed by atoms with E-state index in [4.69, 9.17) is 5.11 Å². The van der Waals surface area contributed by atoms with Crippen molar-refractivity contribution in [3.05, 3.63) is 30.0 Å². The smallest absolute Gasteiger partial charge is 0.303 e. The van der Waals surface area contributed by atoms with E-state index >= 15 is 0 Å². The van der Waals surface area contributed by atoms with Gasteiger partial charge in [0.05, 0.1) is 17.6 Å². The van der Waals surface area contributed by atoms with E-state index in [9.17, 15) is 9.59 Å². The minimum absolute atomic E-state index is 0.0412. The molecular weight excluding hydrogens is 220 g/mol. The molecule has 0 radical (unpaired) electrons. The largest absolute Gasteiger partial charge is 0.481 e. The number of hydrogen-bond donors (Lipinski definition) is 1. The zero-order valence-corrected chi connectivity index (χ0v) is 9.38. The summed E-state index contributed by atoms with van der Waals surface area (Å²) in [5.41, 5.74) is 1.49. The molecule has 0 fully saturated rings. The van der Waals surface area contributed by atoms with Gasteiger partial charge in [-0.15, -0.1) is 0 Å². The molecule has 17 heavy (non-hydrogen) atoms. The number of nitrogens with zero attached hydrogens (tertiary/aromatic N) is 2. The zero-order chi connectivity index (χ0) is 12.4. The maximum absolute atomic E-state index is 11.8. The van der Waals surface area contributed by atoms with E-state index in [2.05, 4.69) is 5.10 Å². The lowest BCUT2D eigenvalue weighted by atomic mass is 10.2. The Balaban J connectivity index is 2.35. The highest BCUT2D eigenvalue weighted by Crippen LogP contribution is 2.17. The van der Waals surface area contributed by atoms with Gasteiger partial charge in [-0.1, -0.05) is 18.2 Å². The standard InChI is InChI=1S/C12H12N2O3/c1-8-9-4-2-3-5-10(9)14(13-8)11(15)6-7-12(16)17/h2-5H,6-7H2,1H3,(H,16,17). The molecule has 88 valence electrons. The molecule has 2 rings (SSSR count). The number of fused-ring (bicyclic) bond motifs is 1. The van der Waals surface area contributed by atoms with Gasteiger partial charge in [0.2, 0.25) is 5.91 Å². The van der Waals surface area contributed by atoms with Crippen LogP contribution in [-0.2, 0) is 4.79 Å². The summed E-state index contributed by atoms with van der Waals surface area (Å²) in [5.74, 6) is -1.27. The maximum Gasteiger partial charge on any atom is 0.303 e. The monoisotopic (exact) mass is 232 g/mol. The predicted octanol–water partition coefficient (Wildman–Crippen LogP) is 1.85. The summed E-state index contributed by atoms with van der Waals surface area (Å²) in [6, 6.07) is 7.39. The number of aryl methyl sites for hydroxylation is 1. The first-order chi connectivity index (χ1) is 8.09. The summed E-state index contributed by atoms with van der Waals surface area (Å²) < 4.78 is 1.29. The first-order valence-corrected chi connectivity index (χ1v) is 5.29. The van der Waals surface area contributed by atoms with Crippen LogP contribution >= 0.6 is 0 Å². The van der Waals surface area contributed by atoms with Gasteiger partial charge in [-0.05, 0) is 13.0 Å². The molecule has 5 nitrogen and oxygen atoms in total. The summed E-state index contributed by atoms with van der Waals surface area (Å²) in [5, 5.41) is 13.6. The van der Waals surface area contributed by atoms with E-state index in [0.29, 0.717) is 0 Å². The molecule has 1 aromatic heterocycles. The number of para-hydroxylation sites is 1. The van der Waals surface area contributed by atoms with Gasteiger partial charge in [0.15, 0.2) is 0 Å². The van der Waals surface area contributed by atoms with Crippen LogP contribution in [0.2, 0.25) is 0 Å². The van der Waals surface area contributed by atoms with E-state index < -0.39 is 5.97 Å². The van der Waals surface area contributed by atoms with Crippen LogP contribution in [0.15, 0.2) is 24.3 Å². The van der Waals surface area contributed by atoms with Crippen molar-refractivity contribution in [1.82, 2.24) is 9.78 Å². The number of aromatic nitrogens is 2. The van der Waals surface area contributed by atoms with Crippen molar-refractivity contribution in [2.45, 2.75) is 19.8 Å². The fraction of sp³-hybridized carbons (Fsp3) is 0.250. The third-order valence-corrected chi connectivity index (χ3v) is 2.56. The number of benzene rings is 1. The number of carboxylic acid groups (broad SMARTS) is 1. The van der Waals surface area contributed by atoms with Crippen molar-refractivity contribution in [2.75, 3.05) is 0 Å². The maximum atomic E-state index is 11.8. The van der Waals surface area contributed by atoms with Crippen LogP contribution < -0.4 is 0 Å². The molecule has 0 aliphatic rings. The number of carbonyl (C=O) groups excluding carboxylic acids is 1. The quantitative estimate of drug-likeness (QED) is 0.876. The van der Waals surface area contributed by atoms with Crippen molar-refractivity contribution in [2.24, 2.45) is 0 Å². The minimum atomic E-state index is -0.980. The van der Waals surface area contributed by atoms with Gasteiger partial charge in [-0.2, -0.15) is 9.78 Å². The van der Waals surface area contributed by atoms with Crippen LogP contribution in [0.4, 0.5) is 0 Å². The highest BCUT2D eigenvalue weighted by molar-refractivity contribution is 5.93. The number of carbonyl (C=O) groups is 2. The van der Waals surface area contributed by atoms with Gasteiger partial charge in [0, 0.05) is 11.8 Å². The molecular formula is C12H12N2O3. The van der Waals surface area contributed by atoms with Gasteiger partial charge in [-0.3, -0.25) is 9.59 Å². The molecule has 1 heterocycles. The third kappa shape index (κ3) is 2.18. The fourth-order valence-electron chi connectivity index (χ4n) is 1.73. The molecule has 1 N–H and O–H groups in total. The molecule has 5 heteroatoms. The summed E-state index contributed by atoms with van der Waals surface area (Å²) >= 11 is 0. The van der Waals surface area contributed by atoms with Crippen molar-refractivity contribution < 1.29 is 14.7 Å². The summed E-state index contributed by atoms with van der Waals surface area (Å²) in [7, 11) is 0. The summed E-state index contributed by atoms with van der Waals surface area (Å²) in [6.45, 7) is 1.82. The molecule has 2 aromatic rings. The Morgan fingerprint density at radius 1 is 1.29 bits per heavy atom. The minimum Gasteiger partial charge on any atom is -0.481 e. The van der Waals surface area contributed by atoms with E-state index in [1.54, 1.807) is 6.07 Å². The van der Waals surface area contributed by atoms with E-state index in [-0.39, 0.29) is 18.7 Å².